The Bertz CT molecular complexity index is 454. The molecule has 1 aromatic carbocycles. The van der Waals surface area contributed by atoms with Gasteiger partial charge in [0.1, 0.15) is 0 Å². The van der Waals surface area contributed by atoms with Crippen molar-refractivity contribution >= 4 is 11.7 Å². The minimum atomic E-state index is -0.299. The molecule has 1 amide bonds. The first-order chi connectivity index (χ1) is 9.08. The monoisotopic (exact) mass is 260 g/mol. The number of hydrogen-bond acceptors (Lipinski definition) is 3. The number of rotatable bonds is 6. The first-order valence-electron chi connectivity index (χ1n) is 6.67. The normalized spacial score (nSPS) is 16.2. The number of carbonyl (C=O) groups is 2. The van der Waals surface area contributed by atoms with E-state index in [0.29, 0.717) is 11.6 Å². The Labute approximate surface area is 113 Å². The molecule has 1 aliphatic rings. The smallest absolute Gasteiger partial charge is 0.234 e. The van der Waals surface area contributed by atoms with E-state index in [0.717, 1.165) is 12.8 Å². The molecule has 1 aliphatic carbocycles. The molecule has 4 nitrogen and oxygen atoms in total. The van der Waals surface area contributed by atoms with Gasteiger partial charge in [-0.15, -0.1) is 0 Å². The van der Waals surface area contributed by atoms with E-state index in [1.165, 1.54) is 0 Å². The molecule has 1 aromatic rings. The van der Waals surface area contributed by atoms with Gasteiger partial charge in [-0.2, -0.15) is 0 Å². The molecule has 1 unspecified atom stereocenters. The van der Waals surface area contributed by atoms with Crippen molar-refractivity contribution in [3.05, 3.63) is 35.9 Å². The van der Waals surface area contributed by atoms with Crippen LogP contribution in [0.1, 0.15) is 30.1 Å². The largest absolute Gasteiger partial charge is 0.352 e. The zero-order valence-electron chi connectivity index (χ0n) is 11.4. The molecule has 4 heteroatoms. The van der Waals surface area contributed by atoms with Crippen LogP contribution in [-0.4, -0.2) is 42.3 Å². The molecule has 102 valence electrons. The van der Waals surface area contributed by atoms with Crippen molar-refractivity contribution in [2.45, 2.75) is 31.8 Å². The summed E-state index contributed by atoms with van der Waals surface area (Å²) < 4.78 is 0. The fraction of sp³-hybridized carbons (Fsp3) is 0.467. The quantitative estimate of drug-likeness (QED) is 0.788. The first kappa shape index (κ1) is 13.7. The number of nitrogens with zero attached hydrogens (tertiary/aromatic N) is 1. The molecule has 0 bridgehead atoms. The van der Waals surface area contributed by atoms with Crippen molar-refractivity contribution in [3.8, 4) is 0 Å². The molecule has 0 heterocycles. The van der Waals surface area contributed by atoms with E-state index in [1.54, 1.807) is 24.1 Å². The summed E-state index contributed by atoms with van der Waals surface area (Å²) in [5, 5.41) is 2.93. The average molecular weight is 260 g/mol. The van der Waals surface area contributed by atoms with E-state index >= 15 is 0 Å². The molecule has 19 heavy (non-hydrogen) atoms. The predicted octanol–water partition coefficient (Wildman–Crippen LogP) is 1.47. The van der Waals surface area contributed by atoms with Crippen LogP contribution in [0.15, 0.2) is 30.3 Å². The Morgan fingerprint density at radius 1 is 1.32 bits per heavy atom. The fourth-order valence-electron chi connectivity index (χ4n) is 1.91. The Morgan fingerprint density at radius 3 is 2.53 bits per heavy atom. The molecule has 0 saturated heterocycles. The van der Waals surface area contributed by atoms with Crippen LogP contribution in [0.4, 0.5) is 0 Å². The van der Waals surface area contributed by atoms with Crippen LogP contribution in [0, 0.1) is 0 Å². The summed E-state index contributed by atoms with van der Waals surface area (Å²) in [6.45, 7) is 2.09. The van der Waals surface area contributed by atoms with Crippen LogP contribution in [0.2, 0.25) is 0 Å². The summed E-state index contributed by atoms with van der Waals surface area (Å²) in [6, 6.07) is 9.25. The number of amides is 1. The van der Waals surface area contributed by atoms with Crippen molar-refractivity contribution in [2.24, 2.45) is 0 Å². The van der Waals surface area contributed by atoms with E-state index in [9.17, 15) is 9.59 Å². The fourth-order valence-corrected chi connectivity index (χ4v) is 1.91. The standard InChI is InChI=1S/C15H20N2O2/c1-11(15(19)12-6-4-3-5-7-12)17(2)10-14(18)16-13-8-9-13/h3-7,11,13H,8-10H2,1-2H3,(H,16,18). The van der Waals surface area contributed by atoms with E-state index in [1.807, 2.05) is 25.1 Å². The summed E-state index contributed by atoms with van der Waals surface area (Å²) in [6.07, 6.45) is 2.15. The lowest BCUT2D eigenvalue weighted by molar-refractivity contribution is -0.122. The maximum atomic E-state index is 12.2. The summed E-state index contributed by atoms with van der Waals surface area (Å²) in [5.41, 5.74) is 0.685. The van der Waals surface area contributed by atoms with Crippen LogP contribution in [0.25, 0.3) is 0 Å². The van der Waals surface area contributed by atoms with E-state index in [4.69, 9.17) is 0 Å². The molecule has 0 spiro atoms. The minimum absolute atomic E-state index is 0.00212. The summed E-state index contributed by atoms with van der Waals surface area (Å²) in [7, 11) is 1.80. The molecular weight excluding hydrogens is 240 g/mol. The third kappa shape index (κ3) is 3.89. The van der Waals surface area contributed by atoms with Gasteiger partial charge in [0.25, 0.3) is 0 Å². The van der Waals surface area contributed by atoms with Crippen LogP contribution < -0.4 is 5.32 Å². The molecule has 0 radical (unpaired) electrons. The number of likely N-dealkylation sites (N-methyl/N-ethyl adjacent to an activating group) is 1. The van der Waals surface area contributed by atoms with Crippen molar-refractivity contribution in [3.63, 3.8) is 0 Å². The molecule has 2 rings (SSSR count). The van der Waals surface area contributed by atoms with Crippen LogP contribution in [0.5, 0.6) is 0 Å². The van der Waals surface area contributed by atoms with Gasteiger partial charge in [0.05, 0.1) is 12.6 Å². The van der Waals surface area contributed by atoms with E-state index < -0.39 is 0 Å². The summed E-state index contributed by atoms with van der Waals surface area (Å²) >= 11 is 0. The third-order valence-electron chi connectivity index (χ3n) is 3.43. The van der Waals surface area contributed by atoms with Gasteiger partial charge in [-0.05, 0) is 26.8 Å². The summed E-state index contributed by atoms with van der Waals surface area (Å²) in [4.78, 5) is 25.7. The van der Waals surface area contributed by atoms with Gasteiger partial charge in [-0.1, -0.05) is 30.3 Å². The zero-order valence-corrected chi connectivity index (χ0v) is 11.4. The third-order valence-corrected chi connectivity index (χ3v) is 3.43. The lowest BCUT2D eigenvalue weighted by Crippen LogP contribution is -2.43. The zero-order chi connectivity index (χ0) is 13.8. The molecule has 1 N–H and O–H groups in total. The molecule has 0 aliphatic heterocycles. The Kier molecular flexibility index (Phi) is 4.32. The second-order valence-electron chi connectivity index (χ2n) is 5.16. The van der Waals surface area contributed by atoms with Gasteiger partial charge in [0.2, 0.25) is 5.91 Å². The first-order valence-corrected chi connectivity index (χ1v) is 6.67. The van der Waals surface area contributed by atoms with Gasteiger partial charge in [0, 0.05) is 11.6 Å². The minimum Gasteiger partial charge on any atom is -0.352 e. The maximum absolute atomic E-state index is 12.2. The highest BCUT2D eigenvalue weighted by Gasteiger charge is 2.25. The van der Waals surface area contributed by atoms with Crippen LogP contribution >= 0.6 is 0 Å². The van der Waals surface area contributed by atoms with Gasteiger partial charge in [-0.25, -0.2) is 0 Å². The molecule has 1 saturated carbocycles. The second kappa shape index (κ2) is 5.97. The summed E-state index contributed by atoms with van der Waals surface area (Å²) in [5.74, 6) is 0.0417. The Balaban J connectivity index is 1.88. The van der Waals surface area contributed by atoms with Gasteiger partial charge < -0.3 is 5.32 Å². The van der Waals surface area contributed by atoms with Crippen molar-refractivity contribution < 1.29 is 9.59 Å². The highest BCUT2D eigenvalue weighted by molar-refractivity contribution is 6.00. The number of hydrogen-bond donors (Lipinski definition) is 1. The van der Waals surface area contributed by atoms with Crippen molar-refractivity contribution in [2.75, 3.05) is 13.6 Å². The maximum Gasteiger partial charge on any atom is 0.234 e. The van der Waals surface area contributed by atoms with E-state index in [2.05, 4.69) is 5.32 Å². The lowest BCUT2D eigenvalue weighted by atomic mass is 10.0. The van der Waals surface area contributed by atoms with Gasteiger partial charge >= 0.3 is 0 Å². The molecular formula is C15H20N2O2. The predicted molar refractivity (Wildman–Crippen MR) is 74.0 cm³/mol. The van der Waals surface area contributed by atoms with Crippen LogP contribution in [-0.2, 0) is 4.79 Å². The Hall–Kier alpha value is -1.68. The van der Waals surface area contributed by atoms with E-state index in [-0.39, 0.29) is 24.3 Å². The number of carbonyl (C=O) groups excluding carboxylic acids is 2. The number of nitrogens with one attached hydrogen (secondary N) is 1. The molecule has 0 aromatic heterocycles. The van der Waals surface area contributed by atoms with Gasteiger partial charge in [-0.3, -0.25) is 14.5 Å². The lowest BCUT2D eigenvalue weighted by Gasteiger charge is -2.23. The highest BCUT2D eigenvalue weighted by atomic mass is 16.2. The number of ketones is 1. The highest BCUT2D eigenvalue weighted by Crippen LogP contribution is 2.18. The van der Waals surface area contributed by atoms with Crippen LogP contribution in [0.3, 0.4) is 0 Å². The number of Topliss-reactive ketones (excluding diaryl/α,β-unsaturated/α-hetero) is 1. The second-order valence-corrected chi connectivity index (χ2v) is 5.16. The molecule has 1 atom stereocenters. The SMILES string of the molecule is CC(C(=O)c1ccccc1)N(C)CC(=O)NC1CC1. The number of benzene rings is 1. The Morgan fingerprint density at radius 2 is 1.95 bits per heavy atom. The topological polar surface area (TPSA) is 49.4 Å². The van der Waals surface area contributed by atoms with Gasteiger partial charge in [0.15, 0.2) is 5.78 Å². The average Bonchev–Trinajstić information content (AvgIpc) is 3.21. The van der Waals surface area contributed by atoms with Crippen molar-refractivity contribution in [1.29, 1.82) is 0 Å². The van der Waals surface area contributed by atoms with Crippen molar-refractivity contribution in [1.82, 2.24) is 10.2 Å². The molecule has 1 fully saturated rings.